The third-order valence-corrected chi connectivity index (χ3v) is 2.21. The van der Waals surface area contributed by atoms with E-state index in [-0.39, 0.29) is 5.78 Å². The molecule has 70 valence electrons. The van der Waals surface area contributed by atoms with Crippen LogP contribution in [0.2, 0.25) is 0 Å². The molecule has 0 fully saturated rings. The number of alkyl halides is 2. The van der Waals surface area contributed by atoms with Gasteiger partial charge in [-0.25, -0.2) is 4.98 Å². The van der Waals surface area contributed by atoms with E-state index in [0.717, 1.165) is 0 Å². The first-order chi connectivity index (χ1) is 6.15. The molecule has 1 aromatic heterocycles. The zero-order valence-electron chi connectivity index (χ0n) is 6.83. The molecule has 13 heavy (non-hydrogen) atoms. The lowest BCUT2D eigenvalue weighted by molar-refractivity contribution is 0.101. The number of carbonyl (C=O) groups excluding carboxylic acids is 1. The van der Waals surface area contributed by atoms with Gasteiger partial charge in [-0.3, -0.25) is 4.79 Å². The summed E-state index contributed by atoms with van der Waals surface area (Å²) in [6, 6.07) is 5.05. The van der Waals surface area contributed by atoms with E-state index in [1.165, 1.54) is 7.11 Å². The molecule has 0 aliphatic carbocycles. The molecule has 0 bridgehead atoms. The van der Waals surface area contributed by atoms with Crippen LogP contribution in [0.3, 0.4) is 0 Å². The molecule has 0 saturated heterocycles. The van der Waals surface area contributed by atoms with E-state index in [0.29, 0.717) is 11.6 Å². The van der Waals surface area contributed by atoms with Gasteiger partial charge in [0.25, 0.3) is 0 Å². The van der Waals surface area contributed by atoms with Gasteiger partial charge in [0.1, 0.15) is 9.43 Å². The first-order valence-electron chi connectivity index (χ1n) is 3.48. The largest absolute Gasteiger partial charge is 0.481 e. The highest BCUT2D eigenvalue weighted by atomic mass is 79.9. The van der Waals surface area contributed by atoms with Crippen molar-refractivity contribution in [3.8, 4) is 5.88 Å². The smallest absolute Gasteiger partial charge is 0.213 e. The van der Waals surface area contributed by atoms with Gasteiger partial charge in [-0.15, -0.1) is 0 Å². The Morgan fingerprint density at radius 2 is 2.23 bits per heavy atom. The summed E-state index contributed by atoms with van der Waals surface area (Å²) in [7, 11) is 1.51. The van der Waals surface area contributed by atoms with E-state index < -0.39 is 3.74 Å². The molecule has 1 rings (SSSR count). The highest BCUT2D eigenvalue weighted by Crippen LogP contribution is 2.16. The van der Waals surface area contributed by atoms with Gasteiger partial charge in [0.05, 0.1) is 7.11 Å². The Balaban J connectivity index is 2.95. The summed E-state index contributed by atoms with van der Waals surface area (Å²) in [4.78, 5) is 15.4. The average molecular weight is 309 g/mol. The minimum atomic E-state index is -0.403. The van der Waals surface area contributed by atoms with Crippen molar-refractivity contribution in [1.29, 1.82) is 0 Å². The second-order valence-corrected chi connectivity index (χ2v) is 5.29. The van der Waals surface area contributed by atoms with Crippen molar-refractivity contribution in [3.63, 3.8) is 0 Å². The van der Waals surface area contributed by atoms with Crippen molar-refractivity contribution >= 4 is 37.6 Å². The lowest BCUT2D eigenvalue weighted by Gasteiger charge is -2.02. The van der Waals surface area contributed by atoms with Crippen molar-refractivity contribution in [2.75, 3.05) is 7.11 Å². The molecule has 0 spiro atoms. The molecule has 1 heterocycles. The minimum Gasteiger partial charge on any atom is -0.481 e. The summed E-state index contributed by atoms with van der Waals surface area (Å²) in [5, 5.41) is 0. The van der Waals surface area contributed by atoms with E-state index in [9.17, 15) is 4.79 Å². The second-order valence-electron chi connectivity index (χ2n) is 2.23. The maximum atomic E-state index is 11.4. The molecule has 0 unspecified atom stereocenters. The van der Waals surface area contributed by atoms with Crippen molar-refractivity contribution in [3.05, 3.63) is 23.9 Å². The third-order valence-electron chi connectivity index (χ3n) is 1.38. The summed E-state index contributed by atoms with van der Waals surface area (Å²) in [5.41, 5.74) is 0.373. The first-order valence-corrected chi connectivity index (χ1v) is 5.31. The number of halogens is 2. The Kier molecular flexibility index (Phi) is 3.87. The second kappa shape index (κ2) is 4.72. The Morgan fingerprint density at radius 1 is 1.54 bits per heavy atom. The van der Waals surface area contributed by atoms with Crippen molar-refractivity contribution in [2.24, 2.45) is 0 Å². The molecule has 5 heteroatoms. The summed E-state index contributed by atoms with van der Waals surface area (Å²) in [6.45, 7) is 0. The monoisotopic (exact) mass is 307 g/mol. The van der Waals surface area contributed by atoms with E-state index in [1.807, 2.05) is 0 Å². The fourth-order valence-corrected chi connectivity index (χ4v) is 1.25. The number of hydrogen-bond acceptors (Lipinski definition) is 3. The third kappa shape index (κ3) is 2.77. The van der Waals surface area contributed by atoms with Gasteiger partial charge >= 0.3 is 0 Å². The number of hydrogen-bond donors (Lipinski definition) is 0. The van der Waals surface area contributed by atoms with Gasteiger partial charge in [0.2, 0.25) is 11.7 Å². The van der Waals surface area contributed by atoms with Gasteiger partial charge in [0, 0.05) is 6.07 Å². The highest BCUT2D eigenvalue weighted by Gasteiger charge is 2.14. The topological polar surface area (TPSA) is 39.2 Å². The molecule has 0 N–H and O–H groups in total. The molecule has 0 amide bonds. The minimum absolute atomic E-state index is 0.126. The molecular weight excluding hydrogens is 302 g/mol. The zero-order chi connectivity index (χ0) is 9.84. The number of pyridine rings is 1. The van der Waals surface area contributed by atoms with Crippen LogP contribution in [0.4, 0.5) is 0 Å². The number of rotatable bonds is 3. The van der Waals surface area contributed by atoms with Crippen LogP contribution in [0.1, 0.15) is 10.5 Å². The molecule has 3 nitrogen and oxygen atoms in total. The Bertz CT molecular complexity index is 315. The number of carbonyl (C=O) groups is 1. The summed E-state index contributed by atoms with van der Waals surface area (Å²) in [6.07, 6.45) is 0. The van der Waals surface area contributed by atoms with Crippen molar-refractivity contribution in [1.82, 2.24) is 4.98 Å². The van der Waals surface area contributed by atoms with Crippen LogP contribution in [-0.2, 0) is 0 Å². The Hall–Kier alpha value is -0.420. The summed E-state index contributed by atoms with van der Waals surface area (Å²) >= 11 is 6.22. The van der Waals surface area contributed by atoms with Crippen LogP contribution >= 0.6 is 31.9 Å². The van der Waals surface area contributed by atoms with Crippen LogP contribution in [0.5, 0.6) is 5.88 Å². The SMILES string of the molecule is COc1cccc(C(=O)C(Br)Br)n1. The number of aromatic nitrogens is 1. The van der Waals surface area contributed by atoms with E-state index >= 15 is 0 Å². The number of methoxy groups -OCH3 is 1. The van der Waals surface area contributed by atoms with E-state index in [4.69, 9.17) is 4.74 Å². The van der Waals surface area contributed by atoms with E-state index in [1.54, 1.807) is 18.2 Å². The van der Waals surface area contributed by atoms with Crippen LogP contribution in [0.15, 0.2) is 18.2 Å². The highest BCUT2D eigenvalue weighted by molar-refractivity contribution is 9.25. The quantitative estimate of drug-likeness (QED) is 0.636. The predicted octanol–water partition coefficient (Wildman–Crippen LogP) is 2.39. The molecule has 0 aliphatic rings. The van der Waals surface area contributed by atoms with Crippen LogP contribution in [0, 0.1) is 0 Å². The molecule has 1 aromatic rings. The lowest BCUT2D eigenvalue weighted by atomic mass is 10.3. The molecule has 0 aliphatic heterocycles. The van der Waals surface area contributed by atoms with Crippen LogP contribution in [-0.4, -0.2) is 21.6 Å². The van der Waals surface area contributed by atoms with Gasteiger partial charge in [-0.2, -0.15) is 0 Å². The fourth-order valence-electron chi connectivity index (χ4n) is 0.778. The Morgan fingerprint density at radius 3 is 2.77 bits per heavy atom. The van der Waals surface area contributed by atoms with Gasteiger partial charge in [-0.05, 0) is 6.07 Å². The fraction of sp³-hybridized carbons (Fsp3) is 0.250. The van der Waals surface area contributed by atoms with Gasteiger partial charge < -0.3 is 4.74 Å². The maximum absolute atomic E-state index is 11.4. The van der Waals surface area contributed by atoms with Crippen LogP contribution < -0.4 is 4.74 Å². The lowest BCUT2D eigenvalue weighted by Crippen LogP contribution is -2.09. The first kappa shape index (κ1) is 10.7. The number of ketones is 1. The summed E-state index contributed by atoms with van der Waals surface area (Å²) < 4.78 is 4.49. The van der Waals surface area contributed by atoms with Crippen molar-refractivity contribution in [2.45, 2.75) is 3.74 Å². The standard InChI is InChI=1S/C8H7Br2NO2/c1-13-6-4-2-3-5(11-6)7(12)8(9)10/h2-4,8H,1H3. The number of ether oxygens (including phenoxy) is 1. The van der Waals surface area contributed by atoms with Crippen LogP contribution in [0.25, 0.3) is 0 Å². The zero-order valence-corrected chi connectivity index (χ0v) is 10.0. The summed E-state index contributed by atoms with van der Waals surface area (Å²) in [5.74, 6) is 0.311. The molecule has 0 atom stereocenters. The molecular formula is C8H7Br2NO2. The molecule has 0 radical (unpaired) electrons. The van der Waals surface area contributed by atoms with Gasteiger partial charge in [0.15, 0.2) is 0 Å². The number of nitrogens with zero attached hydrogens (tertiary/aromatic N) is 1. The predicted molar refractivity (Wildman–Crippen MR) is 56.8 cm³/mol. The molecule has 0 aromatic carbocycles. The maximum Gasteiger partial charge on any atom is 0.213 e. The average Bonchev–Trinajstić information content (AvgIpc) is 2.16. The van der Waals surface area contributed by atoms with E-state index in [2.05, 4.69) is 36.8 Å². The van der Waals surface area contributed by atoms with Crippen molar-refractivity contribution < 1.29 is 9.53 Å². The van der Waals surface area contributed by atoms with Gasteiger partial charge in [-0.1, -0.05) is 37.9 Å². The number of Topliss-reactive ketones (excluding diaryl/α,β-unsaturated/α-hetero) is 1. The Labute approximate surface area is 92.8 Å². The molecule has 0 saturated carbocycles. The normalized spacial score (nSPS) is 10.2.